The van der Waals surface area contributed by atoms with Crippen LogP contribution in [-0.4, -0.2) is 30.4 Å². The summed E-state index contributed by atoms with van der Waals surface area (Å²) in [6.45, 7) is 3.11. The lowest BCUT2D eigenvalue weighted by molar-refractivity contribution is -0.118. The number of rotatable bonds is 5. The largest absolute Gasteiger partial charge is 0.497 e. The van der Waals surface area contributed by atoms with Crippen LogP contribution in [0.1, 0.15) is 31.7 Å². The number of methoxy groups -OCH3 is 1. The van der Waals surface area contributed by atoms with E-state index in [1.54, 1.807) is 19.1 Å². The van der Waals surface area contributed by atoms with Crippen molar-refractivity contribution < 1.29 is 13.9 Å². The predicted octanol–water partition coefficient (Wildman–Crippen LogP) is 2.78. The molecule has 0 bridgehead atoms. The molecule has 0 aliphatic carbocycles. The van der Waals surface area contributed by atoms with E-state index >= 15 is 0 Å². The average Bonchev–Trinajstić information content (AvgIpc) is 2.78. The summed E-state index contributed by atoms with van der Waals surface area (Å²) in [4.78, 5) is 13.4. The van der Waals surface area contributed by atoms with Crippen molar-refractivity contribution in [1.29, 1.82) is 0 Å². The van der Waals surface area contributed by atoms with Crippen molar-refractivity contribution in [3.8, 4) is 5.75 Å². The summed E-state index contributed by atoms with van der Waals surface area (Å²) in [5.74, 6) is 0.489. The lowest BCUT2D eigenvalue weighted by Crippen LogP contribution is -2.30. The summed E-state index contributed by atoms with van der Waals surface area (Å²) in [6.07, 6.45) is 2.67. The normalized spacial score (nSPS) is 19.6. The van der Waals surface area contributed by atoms with E-state index in [2.05, 4.69) is 4.90 Å². The Balaban J connectivity index is 2.05. The number of halogens is 1. The minimum absolute atomic E-state index is 0.201. The van der Waals surface area contributed by atoms with Crippen LogP contribution in [0.25, 0.3) is 0 Å². The Morgan fingerprint density at radius 2 is 2.32 bits per heavy atom. The maximum Gasteiger partial charge on any atom is 0.131 e. The van der Waals surface area contributed by atoms with Crippen molar-refractivity contribution >= 4 is 5.78 Å². The third kappa shape index (κ3) is 3.53. The van der Waals surface area contributed by atoms with E-state index in [0.29, 0.717) is 24.3 Å². The first-order valence-electron chi connectivity index (χ1n) is 6.66. The van der Waals surface area contributed by atoms with Gasteiger partial charge in [0.25, 0.3) is 0 Å². The van der Waals surface area contributed by atoms with E-state index in [4.69, 9.17) is 4.74 Å². The van der Waals surface area contributed by atoms with Gasteiger partial charge in [-0.3, -0.25) is 9.69 Å². The summed E-state index contributed by atoms with van der Waals surface area (Å²) in [5, 5.41) is 0. The van der Waals surface area contributed by atoms with Gasteiger partial charge in [0.2, 0.25) is 0 Å². The molecule has 1 fully saturated rings. The highest BCUT2D eigenvalue weighted by Gasteiger charge is 2.26. The van der Waals surface area contributed by atoms with Gasteiger partial charge in [-0.05, 0) is 32.4 Å². The quantitative estimate of drug-likeness (QED) is 0.820. The Morgan fingerprint density at radius 1 is 1.53 bits per heavy atom. The molecular weight excluding hydrogens is 245 g/mol. The molecule has 4 heteroatoms. The highest BCUT2D eigenvalue weighted by atomic mass is 19.1. The van der Waals surface area contributed by atoms with Crippen molar-refractivity contribution in [1.82, 2.24) is 4.90 Å². The van der Waals surface area contributed by atoms with Crippen LogP contribution in [0, 0.1) is 5.82 Å². The van der Waals surface area contributed by atoms with E-state index in [1.807, 2.05) is 0 Å². The second-order valence-electron chi connectivity index (χ2n) is 5.13. The lowest BCUT2D eigenvalue weighted by Gasteiger charge is -2.23. The molecule has 19 heavy (non-hydrogen) atoms. The maximum atomic E-state index is 13.9. The molecule has 1 atom stereocenters. The molecule has 0 radical (unpaired) electrons. The van der Waals surface area contributed by atoms with Crippen molar-refractivity contribution in [2.24, 2.45) is 0 Å². The second kappa shape index (κ2) is 6.15. The first-order valence-corrected chi connectivity index (χ1v) is 6.66. The van der Waals surface area contributed by atoms with Crippen LogP contribution < -0.4 is 4.74 Å². The van der Waals surface area contributed by atoms with Gasteiger partial charge in [0.05, 0.1) is 7.11 Å². The molecule has 1 aromatic carbocycles. The number of hydrogen-bond acceptors (Lipinski definition) is 3. The van der Waals surface area contributed by atoms with Crippen LogP contribution in [0.4, 0.5) is 4.39 Å². The Hall–Kier alpha value is -1.42. The Morgan fingerprint density at radius 3 is 2.95 bits per heavy atom. The van der Waals surface area contributed by atoms with Crippen LogP contribution in [0.2, 0.25) is 0 Å². The molecule has 1 aromatic rings. The van der Waals surface area contributed by atoms with E-state index in [-0.39, 0.29) is 17.6 Å². The topological polar surface area (TPSA) is 29.5 Å². The zero-order valence-electron chi connectivity index (χ0n) is 11.5. The Labute approximate surface area is 113 Å². The van der Waals surface area contributed by atoms with Crippen LogP contribution in [-0.2, 0) is 11.3 Å². The average molecular weight is 265 g/mol. The Kier molecular flexibility index (Phi) is 4.53. The second-order valence-corrected chi connectivity index (χ2v) is 5.13. The molecule has 3 nitrogen and oxygen atoms in total. The van der Waals surface area contributed by atoms with E-state index in [9.17, 15) is 9.18 Å². The summed E-state index contributed by atoms with van der Waals surface area (Å²) < 4.78 is 18.9. The number of hydrogen-bond donors (Lipinski definition) is 0. The van der Waals surface area contributed by atoms with Crippen molar-refractivity contribution in [3.63, 3.8) is 0 Å². The van der Waals surface area contributed by atoms with Gasteiger partial charge >= 0.3 is 0 Å². The van der Waals surface area contributed by atoms with Gasteiger partial charge < -0.3 is 4.74 Å². The molecule has 0 saturated carbocycles. The molecular formula is C15H20FNO2. The van der Waals surface area contributed by atoms with Crippen LogP contribution >= 0.6 is 0 Å². The van der Waals surface area contributed by atoms with Gasteiger partial charge in [0.15, 0.2) is 0 Å². The van der Waals surface area contributed by atoms with E-state index in [0.717, 1.165) is 19.4 Å². The third-order valence-corrected chi connectivity index (χ3v) is 3.66. The zero-order valence-corrected chi connectivity index (χ0v) is 11.5. The van der Waals surface area contributed by atoms with Gasteiger partial charge in [-0.2, -0.15) is 0 Å². The molecule has 1 aliphatic heterocycles. The van der Waals surface area contributed by atoms with Crippen molar-refractivity contribution in [2.75, 3.05) is 13.7 Å². The molecule has 0 aromatic heterocycles. The first-order chi connectivity index (χ1) is 9.10. The zero-order chi connectivity index (χ0) is 13.8. The molecule has 2 rings (SSSR count). The number of carbonyl (C=O) groups excluding carboxylic acids is 1. The van der Waals surface area contributed by atoms with Crippen molar-refractivity contribution in [3.05, 3.63) is 29.6 Å². The standard InChI is InChI=1S/C15H20FNO2/c1-11(18)8-13-4-3-7-17(13)10-12-5-6-14(19-2)9-15(12)16/h5-6,9,13H,3-4,7-8,10H2,1-2H3. The molecule has 104 valence electrons. The highest BCUT2D eigenvalue weighted by Crippen LogP contribution is 2.25. The number of carbonyl (C=O) groups is 1. The van der Waals surface area contributed by atoms with Gasteiger partial charge in [0, 0.05) is 30.6 Å². The number of nitrogens with zero attached hydrogens (tertiary/aromatic N) is 1. The molecule has 1 heterocycles. The summed E-state index contributed by atoms with van der Waals surface area (Å²) in [7, 11) is 1.53. The van der Waals surface area contributed by atoms with Crippen LogP contribution in [0.5, 0.6) is 5.75 Å². The number of benzene rings is 1. The minimum Gasteiger partial charge on any atom is -0.497 e. The monoisotopic (exact) mass is 265 g/mol. The van der Waals surface area contributed by atoms with Crippen molar-refractivity contribution in [2.45, 2.75) is 38.8 Å². The number of likely N-dealkylation sites (tertiary alicyclic amines) is 1. The fourth-order valence-electron chi connectivity index (χ4n) is 2.67. The maximum absolute atomic E-state index is 13.9. The molecule has 0 N–H and O–H groups in total. The van der Waals surface area contributed by atoms with Crippen LogP contribution in [0.15, 0.2) is 18.2 Å². The van der Waals surface area contributed by atoms with Gasteiger partial charge in [-0.25, -0.2) is 4.39 Å². The third-order valence-electron chi connectivity index (χ3n) is 3.66. The minimum atomic E-state index is -0.243. The van der Waals surface area contributed by atoms with E-state index < -0.39 is 0 Å². The summed E-state index contributed by atoms with van der Waals surface area (Å²) >= 11 is 0. The summed E-state index contributed by atoms with van der Waals surface area (Å²) in [6, 6.07) is 5.20. The fourth-order valence-corrected chi connectivity index (χ4v) is 2.67. The predicted molar refractivity (Wildman–Crippen MR) is 71.7 cm³/mol. The number of ketones is 1. The van der Waals surface area contributed by atoms with Gasteiger partial charge in [-0.1, -0.05) is 6.07 Å². The van der Waals surface area contributed by atoms with Gasteiger partial charge in [-0.15, -0.1) is 0 Å². The highest BCUT2D eigenvalue weighted by molar-refractivity contribution is 5.76. The van der Waals surface area contributed by atoms with Gasteiger partial charge in [0.1, 0.15) is 17.3 Å². The number of Topliss-reactive ketones (excluding diaryl/α,β-unsaturated/α-hetero) is 1. The lowest BCUT2D eigenvalue weighted by atomic mass is 10.1. The SMILES string of the molecule is COc1ccc(CN2CCCC2CC(C)=O)c(F)c1. The molecule has 1 unspecified atom stereocenters. The smallest absolute Gasteiger partial charge is 0.131 e. The molecule has 1 aliphatic rings. The van der Waals surface area contributed by atoms with Crippen LogP contribution in [0.3, 0.4) is 0 Å². The van der Waals surface area contributed by atoms with E-state index in [1.165, 1.54) is 13.2 Å². The molecule has 0 amide bonds. The number of ether oxygens (including phenoxy) is 1. The Bertz CT molecular complexity index is 461. The summed E-state index contributed by atoms with van der Waals surface area (Å²) in [5.41, 5.74) is 0.663. The molecule has 0 spiro atoms. The molecule has 1 saturated heterocycles. The first kappa shape index (κ1) is 14.0. The fraction of sp³-hybridized carbons (Fsp3) is 0.533.